The average Bonchev–Trinajstić information content (AvgIpc) is 3.43. The van der Waals surface area contributed by atoms with E-state index in [-0.39, 0.29) is 17.3 Å². The van der Waals surface area contributed by atoms with E-state index in [1.165, 1.54) is 22.1 Å². The molecular formula is C25H30N4O4S2. The van der Waals surface area contributed by atoms with E-state index in [9.17, 15) is 13.2 Å². The van der Waals surface area contributed by atoms with E-state index in [4.69, 9.17) is 4.52 Å². The van der Waals surface area contributed by atoms with Gasteiger partial charge in [-0.05, 0) is 69.7 Å². The normalized spacial score (nSPS) is 19.5. The summed E-state index contributed by atoms with van der Waals surface area (Å²) in [4.78, 5) is 19.1. The summed E-state index contributed by atoms with van der Waals surface area (Å²) in [5, 5.41) is 7.09. The monoisotopic (exact) mass is 514 g/mol. The van der Waals surface area contributed by atoms with Crippen LogP contribution in [0, 0.1) is 26.7 Å². The molecule has 3 heterocycles. The second-order valence-electron chi connectivity index (χ2n) is 9.55. The first-order chi connectivity index (χ1) is 16.7. The van der Waals surface area contributed by atoms with Gasteiger partial charge in [0.15, 0.2) is 0 Å². The highest BCUT2D eigenvalue weighted by atomic mass is 32.2. The lowest BCUT2D eigenvalue weighted by molar-refractivity contribution is -0.120. The van der Waals surface area contributed by atoms with Gasteiger partial charge in [-0.3, -0.25) is 4.79 Å². The summed E-state index contributed by atoms with van der Waals surface area (Å²) in [6, 6.07) is 7.43. The average molecular weight is 515 g/mol. The molecule has 3 aromatic rings. The van der Waals surface area contributed by atoms with E-state index in [1.54, 1.807) is 13.0 Å². The van der Waals surface area contributed by atoms with Gasteiger partial charge < -0.3 is 9.84 Å². The fourth-order valence-corrected chi connectivity index (χ4v) is 7.63. The Balaban J connectivity index is 1.32. The number of sulfonamides is 1. The molecule has 1 saturated carbocycles. The van der Waals surface area contributed by atoms with Crippen molar-refractivity contribution in [2.75, 3.05) is 18.4 Å². The highest BCUT2D eigenvalue weighted by Crippen LogP contribution is 2.38. The number of hydrogen-bond acceptors (Lipinski definition) is 7. The van der Waals surface area contributed by atoms with Gasteiger partial charge >= 0.3 is 0 Å². The van der Waals surface area contributed by atoms with Gasteiger partial charge in [0, 0.05) is 29.6 Å². The van der Waals surface area contributed by atoms with Crippen molar-refractivity contribution < 1.29 is 17.7 Å². The number of carbonyl (C=O) groups is 1. The first kappa shape index (κ1) is 24.1. The molecule has 8 nitrogen and oxygen atoms in total. The molecule has 1 amide bonds. The Morgan fingerprint density at radius 2 is 1.97 bits per heavy atom. The first-order valence-electron chi connectivity index (χ1n) is 12.1. The smallest absolute Gasteiger partial charge is 0.244 e. The van der Waals surface area contributed by atoms with Gasteiger partial charge in [0.1, 0.15) is 0 Å². The van der Waals surface area contributed by atoms with Crippen LogP contribution in [0.2, 0.25) is 0 Å². The number of nitrogens with one attached hydrogen (secondary N) is 1. The summed E-state index contributed by atoms with van der Waals surface area (Å²) < 4.78 is 34.0. The summed E-state index contributed by atoms with van der Waals surface area (Å²) in [7, 11) is -3.76. The molecule has 1 aromatic carbocycles. The Morgan fingerprint density at radius 3 is 2.71 bits per heavy atom. The minimum absolute atomic E-state index is 0.142. The number of amides is 1. The number of anilines is 1. The lowest BCUT2D eigenvalue weighted by atomic mass is 9.85. The second-order valence-corrected chi connectivity index (χ2v) is 12.7. The molecule has 2 aliphatic rings. The first-order valence-corrected chi connectivity index (χ1v) is 14.3. The molecule has 1 atom stereocenters. The molecule has 5 rings (SSSR count). The molecule has 1 N–H and O–H groups in total. The number of carbonyl (C=O) groups excluding carboxylic acids is 1. The summed E-state index contributed by atoms with van der Waals surface area (Å²) in [5.41, 5.74) is 2.89. The van der Waals surface area contributed by atoms with Crippen LogP contribution in [-0.4, -0.2) is 41.9 Å². The van der Waals surface area contributed by atoms with E-state index >= 15 is 0 Å². The van der Waals surface area contributed by atoms with Gasteiger partial charge in [0.25, 0.3) is 0 Å². The van der Waals surface area contributed by atoms with E-state index < -0.39 is 15.9 Å². The third-order valence-corrected chi connectivity index (χ3v) is 10.4. The molecule has 0 spiro atoms. The molecule has 1 aliphatic carbocycles. The number of rotatable bonds is 6. The molecule has 1 saturated heterocycles. The molecule has 186 valence electrons. The van der Waals surface area contributed by atoms with Crippen LogP contribution in [-0.2, 0) is 14.8 Å². The standard InChI is InChI=1S/C25H30N4O4S2/c1-15-7-4-11-20(16(15)2)26-24(30)19-10-6-12-29(14-19)35(31,32)22-13-21(34-17(22)3)23-27-25(33-28-23)18-8-5-9-18/h4,7,11,13,18-19H,5-6,8-10,12,14H2,1-3H3,(H,26,30)/t19-/m1/s1. The highest BCUT2D eigenvalue weighted by Gasteiger charge is 2.35. The molecule has 0 unspecified atom stereocenters. The van der Waals surface area contributed by atoms with Crippen molar-refractivity contribution in [2.24, 2.45) is 5.92 Å². The maximum atomic E-state index is 13.6. The largest absolute Gasteiger partial charge is 0.339 e. The van der Waals surface area contributed by atoms with Crippen LogP contribution in [0.3, 0.4) is 0 Å². The fraction of sp³-hybridized carbons (Fsp3) is 0.480. The molecular weight excluding hydrogens is 484 g/mol. The summed E-state index contributed by atoms with van der Waals surface area (Å²) >= 11 is 1.35. The van der Waals surface area contributed by atoms with E-state index in [1.807, 2.05) is 32.0 Å². The Labute approximate surface area is 209 Å². The summed E-state index contributed by atoms with van der Waals surface area (Å²) in [5.74, 6) is 0.845. The predicted octanol–water partition coefficient (Wildman–Crippen LogP) is 5.03. The third-order valence-electron chi connectivity index (χ3n) is 7.22. The fourth-order valence-electron chi connectivity index (χ4n) is 4.62. The van der Waals surface area contributed by atoms with Gasteiger partial charge in [0.05, 0.1) is 15.7 Å². The number of piperidine rings is 1. The highest BCUT2D eigenvalue weighted by molar-refractivity contribution is 7.89. The lowest BCUT2D eigenvalue weighted by Gasteiger charge is -2.31. The molecule has 2 fully saturated rings. The van der Waals surface area contributed by atoms with Crippen LogP contribution in [0.15, 0.2) is 33.7 Å². The van der Waals surface area contributed by atoms with Crippen LogP contribution < -0.4 is 5.32 Å². The molecule has 35 heavy (non-hydrogen) atoms. The molecule has 1 aliphatic heterocycles. The lowest BCUT2D eigenvalue weighted by Crippen LogP contribution is -2.43. The number of benzene rings is 1. The number of nitrogens with zero attached hydrogens (tertiary/aromatic N) is 3. The Kier molecular flexibility index (Phi) is 6.54. The van der Waals surface area contributed by atoms with Gasteiger partial charge in [-0.15, -0.1) is 11.3 Å². The Bertz CT molecular complexity index is 1360. The van der Waals surface area contributed by atoms with E-state index in [0.29, 0.717) is 46.8 Å². The van der Waals surface area contributed by atoms with Crippen LogP contribution in [0.1, 0.15) is 59.9 Å². The number of aryl methyl sites for hydroxylation is 2. The summed E-state index contributed by atoms with van der Waals surface area (Å²) in [6.45, 7) is 6.33. The van der Waals surface area contributed by atoms with Crippen molar-refractivity contribution in [1.29, 1.82) is 0 Å². The number of aromatic nitrogens is 2. The minimum atomic E-state index is -3.76. The van der Waals surface area contributed by atoms with Gasteiger partial charge in [-0.2, -0.15) is 9.29 Å². The van der Waals surface area contributed by atoms with Crippen molar-refractivity contribution in [2.45, 2.75) is 63.7 Å². The predicted molar refractivity (Wildman–Crippen MR) is 135 cm³/mol. The van der Waals surface area contributed by atoms with Crippen molar-refractivity contribution >= 4 is 33.0 Å². The zero-order chi connectivity index (χ0) is 24.7. The van der Waals surface area contributed by atoms with Crippen molar-refractivity contribution in [3.63, 3.8) is 0 Å². The maximum Gasteiger partial charge on any atom is 0.244 e. The molecule has 2 aromatic heterocycles. The Morgan fingerprint density at radius 1 is 1.17 bits per heavy atom. The maximum absolute atomic E-state index is 13.6. The van der Waals surface area contributed by atoms with Crippen LogP contribution in [0.25, 0.3) is 10.7 Å². The number of thiophene rings is 1. The Hall–Kier alpha value is -2.56. The van der Waals surface area contributed by atoms with E-state index in [2.05, 4.69) is 15.5 Å². The van der Waals surface area contributed by atoms with Gasteiger partial charge in [-0.1, -0.05) is 23.7 Å². The molecule has 10 heteroatoms. The topological polar surface area (TPSA) is 105 Å². The second kappa shape index (κ2) is 9.48. The van der Waals surface area contributed by atoms with Crippen molar-refractivity contribution in [3.05, 3.63) is 46.2 Å². The zero-order valence-electron chi connectivity index (χ0n) is 20.2. The quantitative estimate of drug-likeness (QED) is 0.495. The van der Waals surface area contributed by atoms with Crippen LogP contribution >= 0.6 is 11.3 Å². The summed E-state index contributed by atoms with van der Waals surface area (Å²) in [6.07, 6.45) is 4.57. The number of hydrogen-bond donors (Lipinski definition) is 1. The minimum Gasteiger partial charge on any atom is -0.339 e. The van der Waals surface area contributed by atoms with E-state index in [0.717, 1.165) is 29.7 Å². The van der Waals surface area contributed by atoms with Crippen molar-refractivity contribution in [3.8, 4) is 10.7 Å². The molecule has 0 bridgehead atoms. The van der Waals surface area contributed by atoms with Gasteiger partial charge in [0.2, 0.25) is 27.6 Å². The van der Waals surface area contributed by atoms with Gasteiger partial charge in [-0.25, -0.2) is 8.42 Å². The zero-order valence-corrected chi connectivity index (χ0v) is 21.8. The van der Waals surface area contributed by atoms with Crippen LogP contribution in [0.4, 0.5) is 5.69 Å². The van der Waals surface area contributed by atoms with Crippen molar-refractivity contribution in [1.82, 2.24) is 14.4 Å². The van der Waals surface area contributed by atoms with Crippen LogP contribution in [0.5, 0.6) is 0 Å². The third kappa shape index (κ3) is 4.66. The molecule has 0 radical (unpaired) electrons. The SMILES string of the molecule is Cc1cccc(NC(=O)[C@@H]2CCCN(S(=O)(=O)c3cc(-c4noc(C5CCC5)n4)sc3C)C2)c1C.